The minimum atomic E-state index is -0.622. The molecule has 18 heavy (non-hydrogen) atoms. The maximum Gasteiger partial charge on any atom is 0.350 e. The zero-order valence-electron chi connectivity index (χ0n) is 10.1. The number of ether oxygens (including phenoxy) is 2. The third-order valence-corrected chi connectivity index (χ3v) is 2.79. The van der Waals surface area contributed by atoms with E-state index in [1.807, 2.05) is 0 Å². The first-order valence-corrected chi connectivity index (χ1v) is 6.05. The van der Waals surface area contributed by atoms with E-state index in [9.17, 15) is 9.59 Å². The summed E-state index contributed by atoms with van der Waals surface area (Å²) >= 11 is 0. The highest BCUT2D eigenvalue weighted by molar-refractivity contribution is 6.16. The van der Waals surface area contributed by atoms with E-state index in [1.165, 1.54) is 0 Å². The summed E-state index contributed by atoms with van der Waals surface area (Å²) < 4.78 is 10.1. The highest BCUT2D eigenvalue weighted by Gasteiger charge is 2.32. The van der Waals surface area contributed by atoms with Crippen LogP contribution in [0.3, 0.4) is 0 Å². The van der Waals surface area contributed by atoms with Gasteiger partial charge in [0.1, 0.15) is 11.3 Å². The van der Waals surface area contributed by atoms with Crippen LogP contribution in [0.2, 0.25) is 0 Å². The summed E-state index contributed by atoms with van der Waals surface area (Å²) in [5.41, 5.74) is 0.537. The van der Waals surface area contributed by atoms with E-state index in [2.05, 4.69) is 11.7 Å². The fourth-order valence-electron chi connectivity index (χ4n) is 1.86. The summed E-state index contributed by atoms with van der Waals surface area (Å²) in [4.78, 5) is 22.8. The van der Waals surface area contributed by atoms with Crippen LogP contribution < -0.4 is 4.74 Å². The van der Waals surface area contributed by atoms with Gasteiger partial charge in [-0.15, -0.1) is 0 Å². The van der Waals surface area contributed by atoms with Crippen LogP contribution in [0.1, 0.15) is 46.4 Å². The van der Waals surface area contributed by atoms with Gasteiger partial charge in [-0.05, 0) is 18.6 Å². The Hall–Kier alpha value is -1.84. The molecule has 0 saturated heterocycles. The lowest BCUT2D eigenvalue weighted by molar-refractivity contribution is 0.0442. The molecule has 1 aliphatic heterocycles. The largest absolute Gasteiger partial charge is 0.493 e. The fraction of sp³-hybridized carbons (Fsp3) is 0.357. The normalized spacial score (nSPS) is 13.4. The lowest BCUT2D eigenvalue weighted by Gasteiger charge is -2.07. The lowest BCUT2D eigenvalue weighted by Crippen LogP contribution is -2.03. The first kappa shape index (κ1) is 12.6. The minimum absolute atomic E-state index is 0.250. The van der Waals surface area contributed by atoms with Crippen LogP contribution in [0, 0.1) is 6.92 Å². The number of unbranched alkanes of at least 4 members (excludes halogenated alkanes) is 3. The molecule has 2 rings (SSSR count). The number of carbonyl (C=O) groups excluding carboxylic acids is 2. The number of hydrogen-bond donors (Lipinski definition) is 0. The zero-order valence-corrected chi connectivity index (χ0v) is 10.1. The van der Waals surface area contributed by atoms with E-state index >= 15 is 0 Å². The van der Waals surface area contributed by atoms with Crippen LogP contribution in [0.4, 0.5) is 0 Å². The maximum absolute atomic E-state index is 11.5. The van der Waals surface area contributed by atoms with Gasteiger partial charge in [-0.2, -0.15) is 0 Å². The van der Waals surface area contributed by atoms with E-state index < -0.39 is 11.9 Å². The van der Waals surface area contributed by atoms with Crippen molar-refractivity contribution in [2.75, 3.05) is 6.61 Å². The number of hydrogen-bond acceptors (Lipinski definition) is 4. The Labute approximate surface area is 106 Å². The SMILES string of the molecule is [CH2]CCCCCOc1cccc2c1C(=O)OC2=O. The summed E-state index contributed by atoms with van der Waals surface area (Å²) in [6.07, 6.45) is 3.93. The molecule has 0 N–H and O–H groups in total. The first-order chi connectivity index (χ1) is 8.74. The Kier molecular flexibility index (Phi) is 3.97. The highest BCUT2D eigenvalue weighted by Crippen LogP contribution is 2.29. The summed E-state index contributed by atoms with van der Waals surface area (Å²) in [7, 11) is 0. The number of fused-ring (bicyclic) bond motifs is 1. The predicted octanol–water partition coefficient (Wildman–Crippen LogP) is 2.77. The Balaban J connectivity index is 2.02. The van der Waals surface area contributed by atoms with Gasteiger partial charge in [0.05, 0.1) is 12.2 Å². The number of benzene rings is 1. The third kappa shape index (κ3) is 2.53. The molecular weight excluding hydrogens is 232 g/mol. The average molecular weight is 247 g/mol. The molecule has 1 heterocycles. The smallest absolute Gasteiger partial charge is 0.350 e. The van der Waals surface area contributed by atoms with Gasteiger partial charge in [0, 0.05) is 0 Å². The second-order valence-corrected chi connectivity index (χ2v) is 4.12. The molecule has 1 radical (unpaired) electrons. The highest BCUT2D eigenvalue weighted by atomic mass is 16.6. The quantitative estimate of drug-likeness (QED) is 0.440. The molecule has 0 saturated carbocycles. The molecule has 0 atom stereocenters. The van der Waals surface area contributed by atoms with Gasteiger partial charge < -0.3 is 9.47 Å². The number of carbonyl (C=O) groups is 2. The van der Waals surface area contributed by atoms with Crippen molar-refractivity contribution in [1.29, 1.82) is 0 Å². The zero-order chi connectivity index (χ0) is 13.0. The van der Waals surface area contributed by atoms with Crippen molar-refractivity contribution in [1.82, 2.24) is 0 Å². The van der Waals surface area contributed by atoms with E-state index in [0.717, 1.165) is 25.7 Å². The molecule has 0 unspecified atom stereocenters. The Morgan fingerprint density at radius 3 is 2.72 bits per heavy atom. The molecule has 0 amide bonds. The molecule has 0 aliphatic carbocycles. The summed E-state index contributed by atoms with van der Waals surface area (Å²) in [6.45, 7) is 4.29. The van der Waals surface area contributed by atoms with Crippen molar-refractivity contribution in [2.45, 2.75) is 25.7 Å². The van der Waals surface area contributed by atoms with Gasteiger partial charge in [0.2, 0.25) is 0 Å². The van der Waals surface area contributed by atoms with Gasteiger partial charge in [-0.25, -0.2) is 9.59 Å². The predicted molar refractivity (Wildman–Crippen MR) is 65.5 cm³/mol. The molecule has 0 aromatic heterocycles. The molecule has 95 valence electrons. The minimum Gasteiger partial charge on any atom is -0.493 e. The maximum atomic E-state index is 11.5. The van der Waals surface area contributed by atoms with Crippen molar-refractivity contribution in [3.05, 3.63) is 36.2 Å². The van der Waals surface area contributed by atoms with Crippen LogP contribution >= 0.6 is 0 Å². The monoisotopic (exact) mass is 247 g/mol. The molecule has 4 heteroatoms. The first-order valence-electron chi connectivity index (χ1n) is 6.05. The molecule has 1 aliphatic rings. The molecule has 1 aromatic rings. The molecule has 0 spiro atoms. The average Bonchev–Trinajstić information content (AvgIpc) is 2.66. The topological polar surface area (TPSA) is 52.6 Å². The van der Waals surface area contributed by atoms with Crippen LogP contribution in [0.25, 0.3) is 0 Å². The Morgan fingerprint density at radius 2 is 1.94 bits per heavy atom. The number of esters is 2. The van der Waals surface area contributed by atoms with Crippen molar-refractivity contribution >= 4 is 11.9 Å². The summed E-state index contributed by atoms with van der Waals surface area (Å²) in [5, 5.41) is 0. The van der Waals surface area contributed by atoms with Crippen LogP contribution in [-0.4, -0.2) is 18.5 Å². The number of rotatable bonds is 6. The van der Waals surface area contributed by atoms with Crippen molar-refractivity contribution in [3.63, 3.8) is 0 Å². The molecule has 1 aromatic carbocycles. The summed E-state index contributed by atoms with van der Waals surface area (Å²) in [6, 6.07) is 4.93. The van der Waals surface area contributed by atoms with Gasteiger partial charge in [-0.1, -0.05) is 32.3 Å². The van der Waals surface area contributed by atoms with Crippen molar-refractivity contribution < 1.29 is 19.1 Å². The fourth-order valence-corrected chi connectivity index (χ4v) is 1.86. The van der Waals surface area contributed by atoms with Gasteiger partial charge in [0.15, 0.2) is 0 Å². The van der Waals surface area contributed by atoms with Crippen molar-refractivity contribution in [2.24, 2.45) is 0 Å². The van der Waals surface area contributed by atoms with Gasteiger partial charge in [-0.3, -0.25) is 0 Å². The standard InChI is InChI=1S/C14H15O4/c1-2-3-4-5-9-17-11-8-6-7-10-12(11)14(16)18-13(10)15/h6-8H,1-5,9H2. The lowest BCUT2D eigenvalue weighted by atomic mass is 10.1. The Bertz CT molecular complexity index is 465. The second-order valence-electron chi connectivity index (χ2n) is 4.12. The van der Waals surface area contributed by atoms with Crippen LogP contribution in [0.5, 0.6) is 5.75 Å². The van der Waals surface area contributed by atoms with E-state index in [1.54, 1.807) is 18.2 Å². The van der Waals surface area contributed by atoms with Crippen LogP contribution in [0.15, 0.2) is 18.2 Å². The molecule has 0 fully saturated rings. The number of cyclic esters (lactones) is 2. The second kappa shape index (κ2) is 5.67. The van der Waals surface area contributed by atoms with Crippen molar-refractivity contribution in [3.8, 4) is 5.75 Å². The van der Waals surface area contributed by atoms with E-state index in [4.69, 9.17) is 4.74 Å². The molecule has 0 bridgehead atoms. The summed E-state index contributed by atoms with van der Waals surface area (Å²) in [5.74, 6) is -0.793. The van der Waals surface area contributed by atoms with E-state index in [0.29, 0.717) is 12.4 Å². The van der Waals surface area contributed by atoms with E-state index in [-0.39, 0.29) is 11.1 Å². The Morgan fingerprint density at radius 1 is 1.11 bits per heavy atom. The van der Waals surface area contributed by atoms with Gasteiger partial charge in [0.25, 0.3) is 0 Å². The molecule has 4 nitrogen and oxygen atoms in total. The third-order valence-electron chi connectivity index (χ3n) is 2.79. The van der Waals surface area contributed by atoms with Gasteiger partial charge >= 0.3 is 11.9 Å². The molecular formula is C14H15O4. The van der Waals surface area contributed by atoms with Crippen LogP contribution in [-0.2, 0) is 4.74 Å².